The summed E-state index contributed by atoms with van der Waals surface area (Å²) in [6, 6.07) is 0. The van der Waals surface area contributed by atoms with Crippen LogP contribution in [0.2, 0.25) is 0 Å². The summed E-state index contributed by atoms with van der Waals surface area (Å²) in [4.78, 5) is 14.1. The van der Waals surface area contributed by atoms with E-state index in [0.29, 0.717) is 0 Å². The number of aliphatic carboxylic acids is 1. The second kappa shape index (κ2) is 5.28. The lowest BCUT2D eigenvalue weighted by molar-refractivity contribution is -0.137. The zero-order valence-electron chi connectivity index (χ0n) is 9.70. The number of aryl methyl sites for hydroxylation is 1. The number of carboxylic acids is 1. The molecule has 0 fully saturated rings. The third-order valence-corrected chi connectivity index (χ3v) is 3.96. The molecule has 0 aliphatic heterocycles. The van der Waals surface area contributed by atoms with Crippen molar-refractivity contribution < 1.29 is 18.3 Å². The van der Waals surface area contributed by atoms with Crippen molar-refractivity contribution in [3.05, 3.63) is 12.5 Å². The summed E-state index contributed by atoms with van der Waals surface area (Å²) in [5.41, 5.74) is 0. The van der Waals surface area contributed by atoms with Gasteiger partial charge in [0.2, 0.25) is 0 Å². The monoisotopic (exact) mass is 261 g/mol. The van der Waals surface area contributed by atoms with Gasteiger partial charge in [-0.05, 0) is 6.42 Å². The van der Waals surface area contributed by atoms with Crippen molar-refractivity contribution in [2.75, 3.05) is 13.6 Å². The van der Waals surface area contributed by atoms with Crippen LogP contribution in [0.15, 0.2) is 17.6 Å². The predicted octanol–water partition coefficient (Wildman–Crippen LogP) is -0.0946. The Balaban J connectivity index is 2.67. The lowest BCUT2D eigenvalue weighted by Crippen LogP contribution is -2.28. The minimum atomic E-state index is -3.61. The lowest BCUT2D eigenvalue weighted by atomic mass is 10.3. The number of carboxylic acid groups (broad SMARTS) is 1. The van der Waals surface area contributed by atoms with Crippen LogP contribution in [0.1, 0.15) is 12.8 Å². The van der Waals surface area contributed by atoms with Crippen LogP contribution in [0.3, 0.4) is 0 Å². The molecule has 0 radical (unpaired) electrons. The Kier molecular flexibility index (Phi) is 4.24. The van der Waals surface area contributed by atoms with Gasteiger partial charge in [-0.2, -0.15) is 4.31 Å². The molecule has 17 heavy (non-hydrogen) atoms. The molecule has 0 saturated heterocycles. The molecule has 1 N–H and O–H groups in total. The molecule has 0 aliphatic rings. The highest BCUT2D eigenvalue weighted by Gasteiger charge is 2.22. The van der Waals surface area contributed by atoms with Gasteiger partial charge in [-0.15, -0.1) is 0 Å². The fourth-order valence-corrected chi connectivity index (χ4v) is 2.42. The third kappa shape index (κ3) is 3.53. The van der Waals surface area contributed by atoms with E-state index in [-0.39, 0.29) is 24.4 Å². The van der Waals surface area contributed by atoms with Crippen molar-refractivity contribution in [1.29, 1.82) is 0 Å². The van der Waals surface area contributed by atoms with E-state index in [1.54, 1.807) is 7.05 Å². The van der Waals surface area contributed by atoms with E-state index in [2.05, 4.69) is 4.98 Å². The number of hydrogen-bond donors (Lipinski definition) is 1. The molecule has 1 aromatic rings. The summed E-state index contributed by atoms with van der Waals surface area (Å²) in [7, 11) is -0.522. The number of aromatic nitrogens is 2. The van der Waals surface area contributed by atoms with Crippen molar-refractivity contribution in [2.45, 2.75) is 17.9 Å². The van der Waals surface area contributed by atoms with Crippen molar-refractivity contribution >= 4 is 16.0 Å². The molecule has 8 heteroatoms. The molecule has 96 valence electrons. The molecule has 0 aromatic carbocycles. The topological polar surface area (TPSA) is 92.5 Å². The third-order valence-electron chi connectivity index (χ3n) is 2.22. The van der Waals surface area contributed by atoms with Crippen molar-refractivity contribution in [1.82, 2.24) is 13.9 Å². The van der Waals surface area contributed by atoms with E-state index in [1.165, 1.54) is 24.1 Å². The van der Waals surface area contributed by atoms with Crippen LogP contribution in [0.5, 0.6) is 0 Å². The van der Waals surface area contributed by atoms with Crippen LogP contribution in [-0.4, -0.2) is 46.9 Å². The number of nitrogens with zero attached hydrogens (tertiary/aromatic N) is 3. The number of sulfonamides is 1. The Bertz CT molecular complexity index is 494. The molecule has 1 heterocycles. The minimum absolute atomic E-state index is 0.0298. The van der Waals surface area contributed by atoms with Crippen LogP contribution in [0.4, 0.5) is 0 Å². The number of carbonyl (C=O) groups is 1. The van der Waals surface area contributed by atoms with Gasteiger partial charge in [0.25, 0.3) is 10.0 Å². The molecule has 1 aromatic heterocycles. The minimum Gasteiger partial charge on any atom is -0.481 e. The average Bonchev–Trinajstić information content (AvgIpc) is 2.64. The van der Waals surface area contributed by atoms with Crippen LogP contribution >= 0.6 is 0 Å². The maximum atomic E-state index is 11.9. The summed E-state index contributed by atoms with van der Waals surface area (Å²) in [6.45, 7) is 0.158. The zero-order valence-corrected chi connectivity index (χ0v) is 10.5. The Labute approximate surface area is 99.7 Å². The van der Waals surface area contributed by atoms with Crippen molar-refractivity contribution in [3.8, 4) is 0 Å². The van der Waals surface area contributed by atoms with Crippen molar-refractivity contribution in [2.24, 2.45) is 7.05 Å². The molecule has 0 amide bonds. The summed E-state index contributed by atoms with van der Waals surface area (Å²) >= 11 is 0. The molecule has 0 bridgehead atoms. The van der Waals surface area contributed by atoms with E-state index in [0.717, 1.165) is 4.31 Å². The van der Waals surface area contributed by atoms with Crippen molar-refractivity contribution in [3.63, 3.8) is 0 Å². The Morgan fingerprint density at radius 2 is 2.24 bits per heavy atom. The Morgan fingerprint density at radius 1 is 1.59 bits per heavy atom. The maximum absolute atomic E-state index is 11.9. The Hall–Kier alpha value is -1.41. The first kappa shape index (κ1) is 13.7. The van der Waals surface area contributed by atoms with E-state index in [1.807, 2.05) is 0 Å². The molecule has 0 saturated carbocycles. The second-order valence-electron chi connectivity index (χ2n) is 3.70. The summed E-state index contributed by atoms with van der Waals surface area (Å²) in [5.74, 6) is -0.936. The molecular formula is C9H15N3O4S. The van der Waals surface area contributed by atoms with Crippen LogP contribution in [-0.2, 0) is 21.9 Å². The molecule has 0 atom stereocenters. The van der Waals surface area contributed by atoms with E-state index < -0.39 is 16.0 Å². The van der Waals surface area contributed by atoms with Crippen LogP contribution < -0.4 is 0 Å². The van der Waals surface area contributed by atoms with Gasteiger partial charge >= 0.3 is 5.97 Å². The van der Waals surface area contributed by atoms with Crippen LogP contribution in [0, 0.1) is 0 Å². The van der Waals surface area contributed by atoms with Gasteiger partial charge in [-0.1, -0.05) is 0 Å². The highest BCUT2D eigenvalue weighted by atomic mass is 32.2. The van der Waals surface area contributed by atoms with Gasteiger partial charge in [-0.25, -0.2) is 13.4 Å². The smallest absolute Gasteiger partial charge is 0.303 e. The molecule has 7 nitrogen and oxygen atoms in total. The summed E-state index contributed by atoms with van der Waals surface area (Å²) < 4.78 is 26.5. The fourth-order valence-electron chi connectivity index (χ4n) is 1.25. The van der Waals surface area contributed by atoms with Gasteiger partial charge in [0, 0.05) is 33.3 Å². The molecule has 0 spiro atoms. The first-order chi connectivity index (χ1) is 7.84. The Morgan fingerprint density at radius 3 is 2.71 bits per heavy atom. The maximum Gasteiger partial charge on any atom is 0.303 e. The first-order valence-electron chi connectivity index (χ1n) is 5.00. The van der Waals surface area contributed by atoms with E-state index >= 15 is 0 Å². The predicted molar refractivity (Wildman–Crippen MR) is 59.9 cm³/mol. The average molecular weight is 261 g/mol. The fraction of sp³-hybridized carbons (Fsp3) is 0.556. The normalized spacial score (nSPS) is 11.9. The molecular weight excluding hydrogens is 246 g/mol. The first-order valence-corrected chi connectivity index (χ1v) is 6.44. The van der Waals surface area contributed by atoms with Gasteiger partial charge in [0.15, 0.2) is 5.03 Å². The largest absolute Gasteiger partial charge is 0.481 e. The summed E-state index contributed by atoms with van der Waals surface area (Å²) in [6.07, 6.45) is 3.03. The van der Waals surface area contributed by atoms with Gasteiger partial charge in [-0.3, -0.25) is 4.79 Å². The summed E-state index contributed by atoms with van der Waals surface area (Å²) in [5, 5.41) is 8.44. The van der Waals surface area contributed by atoms with E-state index in [4.69, 9.17) is 5.11 Å². The van der Waals surface area contributed by atoms with Gasteiger partial charge in [0.1, 0.15) is 0 Å². The lowest BCUT2D eigenvalue weighted by Gasteiger charge is -2.14. The number of hydrogen-bond acceptors (Lipinski definition) is 4. The van der Waals surface area contributed by atoms with E-state index in [9.17, 15) is 13.2 Å². The SMILES string of the molecule is CN(CCCC(=O)O)S(=O)(=O)c1cn(C)cn1. The second-order valence-corrected chi connectivity index (χ2v) is 5.69. The van der Waals surface area contributed by atoms with Gasteiger partial charge in [0.05, 0.1) is 6.33 Å². The van der Waals surface area contributed by atoms with Gasteiger partial charge < -0.3 is 9.67 Å². The standard InChI is InChI=1S/C9H15N3O4S/c1-11-6-8(10-7-11)17(15,16)12(2)5-3-4-9(13)14/h6-7H,3-5H2,1-2H3,(H,13,14). The molecule has 0 unspecified atom stereocenters. The number of rotatable bonds is 6. The molecule has 1 rings (SSSR count). The number of imidazole rings is 1. The molecule has 0 aliphatic carbocycles. The van der Waals surface area contributed by atoms with Crippen LogP contribution in [0.25, 0.3) is 0 Å². The highest BCUT2D eigenvalue weighted by molar-refractivity contribution is 7.89. The quantitative estimate of drug-likeness (QED) is 0.772. The zero-order chi connectivity index (χ0) is 13.1. The highest BCUT2D eigenvalue weighted by Crippen LogP contribution is 2.11.